The molecule has 0 aliphatic heterocycles. The molecule has 0 fully saturated rings. The molecule has 1 unspecified atom stereocenters. The normalized spacial score (nSPS) is 13.7. The number of aliphatic carboxylic acids is 1. The summed E-state index contributed by atoms with van der Waals surface area (Å²) in [5.41, 5.74) is -0.942. The number of carboxylic acids is 1. The minimum absolute atomic E-state index is 0.320. The molecule has 0 aromatic carbocycles. The maximum Gasteiger partial charge on any atom is 0.329 e. The van der Waals surface area contributed by atoms with Gasteiger partial charge in [-0.3, -0.25) is 4.79 Å². The van der Waals surface area contributed by atoms with Gasteiger partial charge in [0.05, 0.1) is 5.56 Å². The van der Waals surface area contributed by atoms with E-state index in [9.17, 15) is 14.7 Å². The van der Waals surface area contributed by atoms with Gasteiger partial charge in [-0.1, -0.05) is 13.3 Å². The first kappa shape index (κ1) is 14.6. The summed E-state index contributed by atoms with van der Waals surface area (Å²) >= 11 is 3.16. The first-order valence-electron chi connectivity index (χ1n) is 5.57. The van der Waals surface area contributed by atoms with Crippen molar-refractivity contribution in [3.63, 3.8) is 0 Å². The van der Waals surface area contributed by atoms with Crippen molar-refractivity contribution >= 4 is 27.8 Å². The zero-order valence-electron chi connectivity index (χ0n) is 10.2. The minimum Gasteiger partial charge on any atom is -0.480 e. The predicted molar refractivity (Wildman–Crippen MR) is 70.4 cm³/mol. The molecule has 1 atom stereocenters. The van der Waals surface area contributed by atoms with Gasteiger partial charge in [-0.25, -0.2) is 9.78 Å². The zero-order chi connectivity index (χ0) is 13.8. The van der Waals surface area contributed by atoms with E-state index in [1.165, 1.54) is 6.92 Å². The Kier molecular flexibility index (Phi) is 4.84. The van der Waals surface area contributed by atoms with Crippen LogP contribution in [0, 0.1) is 0 Å². The maximum atomic E-state index is 12.0. The smallest absolute Gasteiger partial charge is 0.329 e. The van der Waals surface area contributed by atoms with Gasteiger partial charge in [0.1, 0.15) is 10.1 Å². The van der Waals surface area contributed by atoms with Crippen molar-refractivity contribution in [3.8, 4) is 0 Å². The Balaban J connectivity index is 2.93. The number of hydrogen-bond donors (Lipinski definition) is 2. The average Bonchev–Trinajstić information content (AvgIpc) is 2.29. The standard InChI is InChI=1S/C12H15BrN2O3/c1-3-6-12(2,11(17)18)15-10(16)8-5-4-7-14-9(8)13/h4-5,7H,3,6H2,1-2H3,(H,15,16)(H,17,18). The lowest BCUT2D eigenvalue weighted by molar-refractivity contribution is -0.144. The molecule has 0 radical (unpaired) electrons. The van der Waals surface area contributed by atoms with E-state index in [0.29, 0.717) is 23.0 Å². The summed E-state index contributed by atoms with van der Waals surface area (Å²) in [7, 11) is 0. The van der Waals surface area contributed by atoms with Crippen molar-refractivity contribution in [3.05, 3.63) is 28.5 Å². The monoisotopic (exact) mass is 314 g/mol. The van der Waals surface area contributed by atoms with E-state index < -0.39 is 17.4 Å². The van der Waals surface area contributed by atoms with Crippen molar-refractivity contribution in [2.24, 2.45) is 0 Å². The second-order valence-corrected chi connectivity index (χ2v) is 4.93. The summed E-state index contributed by atoms with van der Waals surface area (Å²) in [5, 5.41) is 11.7. The zero-order valence-corrected chi connectivity index (χ0v) is 11.8. The first-order valence-corrected chi connectivity index (χ1v) is 6.36. The fourth-order valence-corrected chi connectivity index (χ4v) is 2.03. The van der Waals surface area contributed by atoms with Crippen LogP contribution in [0.4, 0.5) is 0 Å². The van der Waals surface area contributed by atoms with Crippen LogP contribution in [-0.2, 0) is 4.79 Å². The molecule has 0 saturated carbocycles. The fourth-order valence-electron chi connectivity index (χ4n) is 1.60. The lowest BCUT2D eigenvalue weighted by Gasteiger charge is -2.25. The van der Waals surface area contributed by atoms with Crippen LogP contribution in [0.25, 0.3) is 0 Å². The molecule has 98 valence electrons. The molecule has 1 amide bonds. The van der Waals surface area contributed by atoms with E-state index in [-0.39, 0.29) is 0 Å². The highest BCUT2D eigenvalue weighted by Crippen LogP contribution is 2.17. The number of pyridine rings is 1. The second kappa shape index (κ2) is 5.95. The van der Waals surface area contributed by atoms with Gasteiger partial charge in [-0.05, 0) is 41.4 Å². The van der Waals surface area contributed by atoms with Crippen molar-refractivity contribution in [1.82, 2.24) is 10.3 Å². The van der Waals surface area contributed by atoms with E-state index in [1.54, 1.807) is 18.3 Å². The van der Waals surface area contributed by atoms with Crippen LogP contribution in [-0.4, -0.2) is 27.5 Å². The maximum absolute atomic E-state index is 12.0. The van der Waals surface area contributed by atoms with Crippen LogP contribution >= 0.6 is 15.9 Å². The highest BCUT2D eigenvalue weighted by atomic mass is 79.9. The molecule has 18 heavy (non-hydrogen) atoms. The number of nitrogens with one attached hydrogen (secondary N) is 1. The van der Waals surface area contributed by atoms with Crippen molar-refractivity contribution in [2.45, 2.75) is 32.2 Å². The molecule has 1 heterocycles. The molecular formula is C12H15BrN2O3. The quantitative estimate of drug-likeness (QED) is 0.817. The molecule has 0 saturated heterocycles. The fraction of sp³-hybridized carbons (Fsp3) is 0.417. The number of halogens is 1. The van der Waals surface area contributed by atoms with Gasteiger partial charge in [0.2, 0.25) is 0 Å². The van der Waals surface area contributed by atoms with Crippen LogP contribution in [0.1, 0.15) is 37.0 Å². The average molecular weight is 315 g/mol. The Hall–Kier alpha value is -1.43. The SMILES string of the molecule is CCCC(C)(NC(=O)c1cccnc1Br)C(=O)O. The second-order valence-electron chi connectivity index (χ2n) is 4.18. The van der Waals surface area contributed by atoms with E-state index >= 15 is 0 Å². The summed E-state index contributed by atoms with van der Waals surface area (Å²) in [6.45, 7) is 3.37. The number of carboxylic acid groups (broad SMARTS) is 1. The van der Waals surface area contributed by atoms with E-state index in [2.05, 4.69) is 26.2 Å². The van der Waals surface area contributed by atoms with Gasteiger partial charge >= 0.3 is 5.97 Å². The molecule has 1 rings (SSSR count). The van der Waals surface area contributed by atoms with Crippen LogP contribution in [0.5, 0.6) is 0 Å². The summed E-state index contributed by atoms with van der Waals surface area (Å²) in [4.78, 5) is 27.2. The third-order valence-corrected chi connectivity index (χ3v) is 3.25. The largest absolute Gasteiger partial charge is 0.480 e. The van der Waals surface area contributed by atoms with Gasteiger partial charge in [0, 0.05) is 6.20 Å². The molecule has 0 bridgehead atoms. The van der Waals surface area contributed by atoms with Crippen LogP contribution in [0.15, 0.2) is 22.9 Å². The predicted octanol–water partition coefficient (Wildman–Crippen LogP) is 2.22. The molecule has 0 spiro atoms. The Morgan fingerprint density at radius 3 is 2.72 bits per heavy atom. The summed E-state index contributed by atoms with van der Waals surface area (Å²) in [5.74, 6) is -1.49. The number of nitrogens with zero attached hydrogens (tertiary/aromatic N) is 1. The Labute approximate surface area is 114 Å². The molecule has 1 aromatic rings. The number of aromatic nitrogens is 1. The number of amides is 1. The third-order valence-electron chi connectivity index (χ3n) is 2.62. The molecule has 6 heteroatoms. The molecule has 0 aliphatic rings. The van der Waals surface area contributed by atoms with E-state index in [1.807, 2.05) is 6.92 Å². The van der Waals surface area contributed by atoms with Crippen molar-refractivity contribution in [2.75, 3.05) is 0 Å². The molecule has 5 nitrogen and oxygen atoms in total. The first-order chi connectivity index (χ1) is 8.40. The van der Waals surface area contributed by atoms with Gasteiger partial charge in [-0.2, -0.15) is 0 Å². The molecule has 2 N–H and O–H groups in total. The number of rotatable bonds is 5. The molecule has 1 aromatic heterocycles. The lowest BCUT2D eigenvalue weighted by atomic mass is 9.96. The Morgan fingerprint density at radius 2 is 2.22 bits per heavy atom. The van der Waals surface area contributed by atoms with Crippen LogP contribution in [0.3, 0.4) is 0 Å². The van der Waals surface area contributed by atoms with Gasteiger partial charge in [0.25, 0.3) is 5.91 Å². The number of hydrogen-bond acceptors (Lipinski definition) is 3. The van der Waals surface area contributed by atoms with Gasteiger partial charge < -0.3 is 10.4 Å². The van der Waals surface area contributed by atoms with Crippen LogP contribution in [0.2, 0.25) is 0 Å². The summed E-state index contributed by atoms with van der Waals surface area (Å²) in [6, 6.07) is 3.21. The number of carbonyl (C=O) groups is 2. The lowest BCUT2D eigenvalue weighted by Crippen LogP contribution is -2.52. The van der Waals surface area contributed by atoms with Gasteiger partial charge in [-0.15, -0.1) is 0 Å². The van der Waals surface area contributed by atoms with Crippen molar-refractivity contribution < 1.29 is 14.7 Å². The summed E-state index contributed by atoms with van der Waals surface area (Å²) < 4.78 is 0.395. The van der Waals surface area contributed by atoms with Crippen LogP contribution < -0.4 is 5.32 Å². The Bertz CT molecular complexity index is 464. The molecule has 0 aliphatic carbocycles. The third kappa shape index (κ3) is 3.29. The Morgan fingerprint density at radius 1 is 1.56 bits per heavy atom. The highest BCUT2D eigenvalue weighted by molar-refractivity contribution is 9.10. The summed E-state index contributed by atoms with van der Waals surface area (Å²) in [6.07, 6.45) is 2.58. The van der Waals surface area contributed by atoms with E-state index in [4.69, 9.17) is 0 Å². The highest BCUT2D eigenvalue weighted by Gasteiger charge is 2.34. The topological polar surface area (TPSA) is 79.3 Å². The van der Waals surface area contributed by atoms with Crippen molar-refractivity contribution in [1.29, 1.82) is 0 Å². The number of carbonyl (C=O) groups excluding carboxylic acids is 1. The molecular weight excluding hydrogens is 300 g/mol. The minimum atomic E-state index is -1.26. The van der Waals surface area contributed by atoms with Gasteiger partial charge in [0.15, 0.2) is 0 Å². The van der Waals surface area contributed by atoms with E-state index in [0.717, 1.165) is 0 Å².